The van der Waals surface area contributed by atoms with Crippen molar-refractivity contribution in [1.29, 1.82) is 0 Å². The summed E-state index contributed by atoms with van der Waals surface area (Å²) in [4.78, 5) is 0. The monoisotopic (exact) mass is 263 g/mol. The van der Waals surface area contributed by atoms with Crippen LogP contribution in [0.15, 0.2) is 35.7 Å². The summed E-state index contributed by atoms with van der Waals surface area (Å²) in [6.45, 7) is 1.10. The molecule has 1 aromatic carbocycles. The SMILES string of the molecule is O=S(=O)(C=CC1CC1)N1CCc2ccccc2C1. The van der Waals surface area contributed by atoms with E-state index in [-0.39, 0.29) is 0 Å². The fourth-order valence-electron chi connectivity index (χ4n) is 2.27. The minimum absolute atomic E-state index is 0.497. The lowest BCUT2D eigenvalue weighted by atomic mass is 10.0. The summed E-state index contributed by atoms with van der Waals surface area (Å²) < 4.78 is 25.9. The maximum atomic E-state index is 12.2. The van der Waals surface area contributed by atoms with Crippen molar-refractivity contribution in [2.75, 3.05) is 6.54 Å². The van der Waals surface area contributed by atoms with Gasteiger partial charge in [-0.15, -0.1) is 0 Å². The van der Waals surface area contributed by atoms with Gasteiger partial charge in [0.15, 0.2) is 0 Å². The van der Waals surface area contributed by atoms with E-state index < -0.39 is 10.0 Å². The van der Waals surface area contributed by atoms with Gasteiger partial charge < -0.3 is 0 Å². The summed E-state index contributed by atoms with van der Waals surface area (Å²) in [7, 11) is -3.23. The van der Waals surface area contributed by atoms with Gasteiger partial charge in [0.1, 0.15) is 0 Å². The average Bonchev–Trinajstić information content (AvgIpc) is 3.20. The van der Waals surface area contributed by atoms with E-state index in [4.69, 9.17) is 0 Å². The largest absolute Gasteiger partial charge is 0.236 e. The van der Waals surface area contributed by atoms with Crippen molar-refractivity contribution in [2.45, 2.75) is 25.8 Å². The molecular formula is C14H17NO2S. The molecular weight excluding hydrogens is 246 g/mol. The molecule has 0 aromatic heterocycles. The Hall–Kier alpha value is -1.13. The zero-order chi connectivity index (χ0) is 12.6. The van der Waals surface area contributed by atoms with E-state index in [1.807, 2.05) is 24.3 Å². The third-order valence-electron chi connectivity index (χ3n) is 3.60. The molecule has 1 fully saturated rings. The Morgan fingerprint density at radius 3 is 2.61 bits per heavy atom. The first-order valence-corrected chi connectivity index (χ1v) is 7.90. The van der Waals surface area contributed by atoms with E-state index >= 15 is 0 Å². The van der Waals surface area contributed by atoms with Crippen LogP contribution in [0.1, 0.15) is 24.0 Å². The molecule has 0 saturated heterocycles. The second-order valence-corrected chi connectivity index (χ2v) is 6.88. The number of sulfonamides is 1. The third kappa shape index (κ3) is 2.49. The number of fused-ring (bicyclic) bond motifs is 1. The van der Waals surface area contributed by atoms with Crippen molar-refractivity contribution in [2.24, 2.45) is 5.92 Å². The molecule has 0 N–H and O–H groups in total. The molecule has 0 amide bonds. The number of nitrogens with zero attached hydrogens (tertiary/aromatic N) is 1. The van der Waals surface area contributed by atoms with Crippen molar-refractivity contribution in [3.63, 3.8) is 0 Å². The lowest BCUT2D eigenvalue weighted by Crippen LogP contribution is -2.34. The molecule has 3 nitrogen and oxygen atoms in total. The quantitative estimate of drug-likeness (QED) is 0.839. The Balaban J connectivity index is 1.78. The Labute approximate surface area is 108 Å². The molecule has 1 aliphatic carbocycles. The summed E-state index contributed by atoms with van der Waals surface area (Å²) in [5, 5.41) is 1.40. The first-order chi connectivity index (χ1) is 8.65. The molecule has 2 aliphatic rings. The second kappa shape index (κ2) is 4.52. The van der Waals surface area contributed by atoms with Gasteiger partial charge in [0.2, 0.25) is 10.0 Å². The summed E-state index contributed by atoms with van der Waals surface area (Å²) >= 11 is 0. The minimum Gasteiger partial charge on any atom is -0.208 e. The van der Waals surface area contributed by atoms with Crippen molar-refractivity contribution >= 4 is 10.0 Å². The highest BCUT2D eigenvalue weighted by Gasteiger charge is 2.25. The average molecular weight is 263 g/mol. The summed E-state index contributed by atoms with van der Waals surface area (Å²) in [5.41, 5.74) is 2.40. The molecule has 0 unspecified atom stereocenters. The van der Waals surface area contributed by atoms with Crippen LogP contribution in [-0.2, 0) is 23.0 Å². The first kappa shape index (κ1) is 11.9. The van der Waals surface area contributed by atoms with Gasteiger partial charge in [-0.2, -0.15) is 4.31 Å². The first-order valence-electron chi connectivity index (χ1n) is 6.40. The maximum Gasteiger partial charge on any atom is 0.236 e. The smallest absolute Gasteiger partial charge is 0.208 e. The number of allylic oxidation sites excluding steroid dienone is 1. The number of rotatable bonds is 3. The summed E-state index contributed by atoms with van der Waals surface area (Å²) in [6, 6.07) is 8.08. The predicted molar refractivity (Wildman–Crippen MR) is 71.3 cm³/mol. The molecule has 4 heteroatoms. The fraction of sp³-hybridized carbons (Fsp3) is 0.429. The molecule has 0 radical (unpaired) electrons. The van der Waals surface area contributed by atoms with Crippen molar-refractivity contribution < 1.29 is 8.42 Å². The maximum absolute atomic E-state index is 12.2. The van der Waals surface area contributed by atoms with Gasteiger partial charge in [-0.1, -0.05) is 30.3 Å². The van der Waals surface area contributed by atoms with E-state index in [1.54, 1.807) is 4.31 Å². The lowest BCUT2D eigenvalue weighted by molar-refractivity contribution is 0.397. The van der Waals surface area contributed by atoms with Gasteiger partial charge in [-0.25, -0.2) is 8.42 Å². The second-order valence-electron chi connectivity index (χ2n) is 5.06. The van der Waals surface area contributed by atoms with Gasteiger partial charge in [-0.05, 0) is 36.3 Å². The Morgan fingerprint density at radius 2 is 1.89 bits per heavy atom. The van der Waals surface area contributed by atoms with Gasteiger partial charge in [0, 0.05) is 18.5 Å². The molecule has 0 bridgehead atoms. The molecule has 0 atom stereocenters. The highest BCUT2D eigenvalue weighted by atomic mass is 32.2. The molecule has 1 aromatic rings. The number of benzene rings is 1. The van der Waals surface area contributed by atoms with Crippen LogP contribution in [0.5, 0.6) is 0 Å². The van der Waals surface area contributed by atoms with Crippen molar-refractivity contribution in [1.82, 2.24) is 4.31 Å². The van der Waals surface area contributed by atoms with Crippen LogP contribution in [0.3, 0.4) is 0 Å². The van der Waals surface area contributed by atoms with Gasteiger partial charge in [0.05, 0.1) is 0 Å². The zero-order valence-corrected chi connectivity index (χ0v) is 11.1. The molecule has 0 spiro atoms. The zero-order valence-electron chi connectivity index (χ0n) is 10.2. The van der Waals surface area contributed by atoms with Crippen LogP contribution in [0.4, 0.5) is 0 Å². The molecule has 18 heavy (non-hydrogen) atoms. The van der Waals surface area contributed by atoms with Crippen LogP contribution in [-0.4, -0.2) is 19.3 Å². The van der Waals surface area contributed by atoms with Crippen LogP contribution in [0.25, 0.3) is 0 Å². The van der Waals surface area contributed by atoms with Crippen LogP contribution < -0.4 is 0 Å². The molecule has 1 aliphatic heterocycles. The fourth-order valence-corrected chi connectivity index (χ4v) is 3.53. The van der Waals surface area contributed by atoms with Gasteiger partial charge in [-0.3, -0.25) is 0 Å². The minimum atomic E-state index is -3.23. The summed E-state index contributed by atoms with van der Waals surface area (Å²) in [6.07, 6.45) is 4.92. The highest BCUT2D eigenvalue weighted by Crippen LogP contribution is 2.31. The van der Waals surface area contributed by atoms with Crippen LogP contribution >= 0.6 is 0 Å². The Kier molecular flexibility index (Phi) is 2.99. The molecule has 3 rings (SSSR count). The highest BCUT2D eigenvalue weighted by molar-refractivity contribution is 7.92. The predicted octanol–water partition coefficient (Wildman–Crippen LogP) is 2.30. The topological polar surface area (TPSA) is 37.4 Å². The van der Waals surface area contributed by atoms with Gasteiger partial charge in [0.25, 0.3) is 0 Å². The third-order valence-corrected chi connectivity index (χ3v) is 5.13. The number of hydrogen-bond acceptors (Lipinski definition) is 2. The normalized spacial score (nSPS) is 21.1. The molecule has 96 valence electrons. The van der Waals surface area contributed by atoms with Crippen molar-refractivity contribution in [3.8, 4) is 0 Å². The van der Waals surface area contributed by atoms with E-state index in [1.165, 1.54) is 11.0 Å². The standard InChI is InChI=1S/C14H17NO2S/c16-18(17,10-8-12-5-6-12)15-9-7-13-3-1-2-4-14(13)11-15/h1-4,8,10,12H,5-7,9,11H2. The van der Waals surface area contributed by atoms with E-state index in [2.05, 4.69) is 6.07 Å². The van der Waals surface area contributed by atoms with E-state index in [0.717, 1.165) is 24.8 Å². The van der Waals surface area contributed by atoms with E-state index in [9.17, 15) is 8.42 Å². The van der Waals surface area contributed by atoms with Crippen molar-refractivity contribution in [3.05, 3.63) is 46.9 Å². The van der Waals surface area contributed by atoms with E-state index in [0.29, 0.717) is 19.0 Å². The number of hydrogen-bond donors (Lipinski definition) is 0. The van der Waals surface area contributed by atoms with Crippen LogP contribution in [0, 0.1) is 5.92 Å². The Morgan fingerprint density at radius 1 is 1.17 bits per heavy atom. The summed E-state index contributed by atoms with van der Waals surface area (Å²) in [5.74, 6) is 0.497. The lowest BCUT2D eigenvalue weighted by Gasteiger charge is -2.26. The van der Waals surface area contributed by atoms with Crippen LogP contribution in [0.2, 0.25) is 0 Å². The molecule has 1 saturated carbocycles. The Bertz CT molecular complexity index is 573. The van der Waals surface area contributed by atoms with Gasteiger partial charge >= 0.3 is 0 Å². The molecule has 1 heterocycles.